The minimum atomic E-state index is -4.38. The van der Waals surface area contributed by atoms with Crippen molar-refractivity contribution in [1.29, 1.82) is 0 Å². The van der Waals surface area contributed by atoms with Crippen molar-refractivity contribution in [3.05, 3.63) is 72.6 Å². The number of nitrogens with one attached hydrogen (secondary N) is 1. The van der Waals surface area contributed by atoms with E-state index in [4.69, 9.17) is 4.42 Å². The van der Waals surface area contributed by atoms with Crippen molar-refractivity contribution in [2.45, 2.75) is 4.90 Å². The molecule has 0 unspecified atom stereocenters. The number of rotatable bonds is 4. The van der Waals surface area contributed by atoms with Crippen LogP contribution in [0, 0.1) is 5.82 Å². The Bertz CT molecular complexity index is 984. The van der Waals surface area contributed by atoms with Crippen LogP contribution in [0.4, 0.5) is 4.39 Å². The van der Waals surface area contributed by atoms with E-state index in [1.165, 1.54) is 12.1 Å². The summed E-state index contributed by atoms with van der Waals surface area (Å²) >= 11 is 0. The summed E-state index contributed by atoms with van der Waals surface area (Å²) < 4.78 is 44.8. The SMILES string of the molecule is O=C(NS(=O)(=O)c1ccccc1F)c1ocnc1-c1ccccc1. The number of sulfonamides is 1. The number of hydrogen-bond donors (Lipinski definition) is 1. The van der Waals surface area contributed by atoms with Crippen molar-refractivity contribution in [2.24, 2.45) is 0 Å². The van der Waals surface area contributed by atoms with E-state index in [9.17, 15) is 17.6 Å². The molecule has 1 aromatic heterocycles. The largest absolute Gasteiger partial charge is 0.438 e. The van der Waals surface area contributed by atoms with Crippen LogP contribution in [-0.2, 0) is 10.0 Å². The molecule has 1 N–H and O–H groups in total. The maximum atomic E-state index is 13.7. The van der Waals surface area contributed by atoms with E-state index in [2.05, 4.69) is 4.98 Å². The highest BCUT2D eigenvalue weighted by atomic mass is 32.2. The summed E-state index contributed by atoms with van der Waals surface area (Å²) in [6.07, 6.45) is 1.03. The Morgan fingerprint density at radius 3 is 2.42 bits per heavy atom. The molecule has 122 valence electrons. The molecule has 0 bridgehead atoms. The fourth-order valence-electron chi connectivity index (χ4n) is 2.09. The molecule has 1 amide bonds. The lowest BCUT2D eigenvalue weighted by molar-refractivity contribution is 0.0955. The normalized spacial score (nSPS) is 11.2. The second-order valence-electron chi connectivity index (χ2n) is 4.76. The van der Waals surface area contributed by atoms with Crippen LogP contribution < -0.4 is 4.72 Å². The van der Waals surface area contributed by atoms with E-state index in [0.717, 1.165) is 18.5 Å². The molecule has 0 saturated heterocycles. The quantitative estimate of drug-likeness (QED) is 0.784. The average molecular weight is 346 g/mol. The summed E-state index contributed by atoms with van der Waals surface area (Å²) in [5.74, 6) is -2.27. The first-order valence-electron chi connectivity index (χ1n) is 6.79. The first-order valence-corrected chi connectivity index (χ1v) is 8.28. The maximum absolute atomic E-state index is 13.7. The van der Waals surface area contributed by atoms with Crippen molar-refractivity contribution < 1.29 is 22.0 Å². The predicted octanol–water partition coefficient (Wildman–Crippen LogP) is 2.60. The smallest absolute Gasteiger partial charge is 0.303 e. The van der Waals surface area contributed by atoms with E-state index in [0.29, 0.717) is 5.56 Å². The van der Waals surface area contributed by atoms with Crippen LogP contribution in [0.1, 0.15) is 10.6 Å². The fourth-order valence-corrected chi connectivity index (χ4v) is 3.12. The minimum Gasteiger partial charge on any atom is -0.438 e. The summed E-state index contributed by atoms with van der Waals surface area (Å²) in [6, 6.07) is 13.4. The van der Waals surface area contributed by atoms with Crippen molar-refractivity contribution >= 4 is 15.9 Å². The summed E-state index contributed by atoms with van der Waals surface area (Å²) in [7, 11) is -4.38. The number of amides is 1. The molecule has 1 heterocycles. The lowest BCUT2D eigenvalue weighted by atomic mass is 10.1. The van der Waals surface area contributed by atoms with Crippen LogP contribution in [0.2, 0.25) is 0 Å². The van der Waals surface area contributed by atoms with Gasteiger partial charge in [0.15, 0.2) is 6.39 Å². The van der Waals surface area contributed by atoms with Gasteiger partial charge < -0.3 is 4.42 Å². The average Bonchev–Trinajstić information content (AvgIpc) is 3.05. The summed E-state index contributed by atoms with van der Waals surface area (Å²) in [4.78, 5) is 15.6. The van der Waals surface area contributed by atoms with Gasteiger partial charge in [0.05, 0.1) is 0 Å². The van der Waals surface area contributed by atoms with Crippen molar-refractivity contribution in [3.63, 3.8) is 0 Å². The van der Waals surface area contributed by atoms with E-state index in [-0.39, 0.29) is 11.5 Å². The standard InChI is InChI=1S/C16H11FN2O4S/c17-12-8-4-5-9-13(12)24(21,22)19-16(20)15-14(18-10-23-15)11-6-2-1-3-7-11/h1-10H,(H,19,20). The second-order valence-corrected chi connectivity index (χ2v) is 6.41. The van der Waals surface area contributed by atoms with Gasteiger partial charge in [-0.05, 0) is 12.1 Å². The van der Waals surface area contributed by atoms with Crippen LogP contribution in [0.25, 0.3) is 11.3 Å². The van der Waals surface area contributed by atoms with E-state index >= 15 is 0 Å². The first-order chi connectivity index (χ1) is 11.5. The van der Waals surface area contributed by atoms with Gasteiger partial charge in [-0.3, -0.25) is 4.79 Å². The molecule has 0 spiro atoms. The number of hydrogen-bond acceptors (Lipinski definition) is 5. The van der Waals surface area contributed by atoms with Crippen LogP contribution in [0.3, 0.4) is 0 Å². The predicted molar refractivity (Wildman–Crippen MR) is 83.0 cm³/mol. The fraction of sp³-hybridized carbons (Fsp3) is 0. The Balaban J connectivity index is 1.92. The molecule has 0 radical (unpaired) electrons. The van der Waals surface area contributed by atoms with Gasteiger partial charge in [0, 0.05) is 5.56 Å². The van der Waals surface area contributed by atoms with Gasteiger partial charge in [0.25, 0.3) is 10.0 Å². The van der Waals surface area contributed by atoms with Gasteiger partial charge in [-0.2, -0.15) is 0 Å². The monoisotopic (exact) mass is 346 g/mol. The van der Waals surface area contributed by atoms with E-state index in [1.807, 2.05) is 0 Å². The molecule has 3 rings (SSSR count). The summed E-state index contributed by atoms with van der Waals surface area (Å²) in [5, 5.41) is 0. The molecule has 0 aliphatic heterocycles. The number of carbonyl (C=O) groups excluding carboxylic acids is 1. The molecule has 2 aromatic carbocycles. The van der Waals surface area contributed by atoms with Gasteiger partial charge in [-0.15, -0.1) is 0 Å². The van der Waals surface area contributed by atoms with Crippen molar-refractivity contribution in [1.82, 2.24) is 9.71 Å². The molecular weight excluding hydrogens is 335 g/mol. The Morgan fingerprint density at radius 1 is 1.04 bits per heavy atom. The molecule has 6 nitrogen and oxygen atoms in total. The number of halogens is 1. The number of nitrogens with zero attached hydrogens (tertiary/aromatic N) is 1. The van der Waals surface area contributed by atoms with Gasteiger partial charge >= 0.3 is 5.91 Å². The van der Waals surface area contributed by atoms with E-state index in [1.54, 1.807) is 35.1 Å². The first kappa shape index (κ1) is 15.9. The zero-order valence-corrected chi connectivity index (χ0v) is 13.0. The van der Waals surface area contributed by atoms with Gasteiger partial charge in [-0.1, -0.05) is 42.5 Å². The van der Waals surface area contributed by atoms with E-state index < -0.39 is 26.6 Å². The summed E-state index contributed by atoms with van der Waals surface area (Å²) in [5.41, 5.74) is 0.775. The zero-order chi connectivity index (χ0) is 17.2. The topological polar surface area (TPSA) is 89.3 Å². The van der Waals surface area contributed by atoms with Crippen LogP contribution in [0.5, 0.6) is 0 Å². The third-order valence-corrected chi connectivity index (χ3v) is 4.54. The van der Waals surface area contributed by atoms with Crippen LogP contribution >= 0.6 is 0 Å². The number of benzene rings is 2. The summed E-state index contributed by atoms with van der Waals surface area (Å²) in [6.45, 7) is 0. The molecule has 0 atom stereocenters. The van der Waals surface area contributed by atoms with Crippen molar-refractivity contribution in [2.75, 3.05) is 0 Å². The molecule has 0 fully saturated rings. The second kappa shape index (κ2) is 6.25. The highest BCUT2D eigenvalue weighted by Crippen LogP contribution is 2.22. The zero-order valence-electron chi connectivity index (χ0n) is 12.1. The van der Waals surface area contributed by atoms with Gasteiger partial charge in [0.2, 0.25) is 5.76 Å². The third kappa shape index (κ3) is 3.04. The van der Waals surface area contributed by atoms with Crippen molar-refractivity contribution in [3.8, 4) is 11.3 Å². The molecule has 0 saturated carbocycles. The molecule has 3 aromatic rings. The molecule has 24 heavy (non-hydrogen) atoms. The Morgan fingerprint density at radius 2 is 1.71 bits per heavy atom. The Hall–Kier alpha value is -3.00. The van der Waals surface area contributed by atoms with Crippen LogP contribution in [0.15, 0.2) is 70.3 Å². The lowest BCUT2D eigenvalue weighted by Gasteiger charge is -2.07. The van der Waals surface area contributed by atoms with Gasteiger partial charge in [-0.25, -0.2) is 22.5 Å². The van der Waals surface area contributed by atoms with Gasteiger partial charge in [0.1, 0.15) is 16.4 Å². The van der Waals surface area contributed by atoms with Crippen LogP contribution in [-0.4, -0.2) is 19.3 Å². The highest BCUT2D eigenvalue weighted by Gasteiger charge is 2.26. The molecule has 8 heteroatoms. The number of aromatic nitrogens is 1. The molecule has 0 aliphatic rings. The number of oxazole rings is 1. The minimum absolute atomic E-state index is 0.192. The molecular formula is C16H11FN2O4S. The third-order valence-electron chi connectivity index (χ3n) is 3.17. The Kier molecular flexibility index (Phi) is 4.13. The lowest BCUT2D eigenvalue weighted by Crippen LogP contribution is -2.31. The highest BCUT2D eigenvalue weighted by molar-refractivity contribution is 7.90. The Labute approximate surface area is 137 Å². The number of carbonyl (C=O) groups is 1. The maximum Gasteiger partial charge on any atom is 0.303 e. The molecule has 0 aliphatic carbocycles.